The van der Waals surface area contributed by atoms with Gasteiger partial charge in [0.1, 0.15) is 5.82 Å². The molecule has 0 bridgehead atoms. The highest BCUT2D eigenvalue weighted by atomic mass is 32.2. The zero-order chi connectivity index (χ0) is 18.6. The normalized spacial score (nSPS) is 11.3. The summed E-state index contributed by atoms with van der Waals surface area (Å²) in [5, 5.41) is 4.58. The molecule has 0 aliphatic carbocycles. The first-order valence-corrected chi connectivity index (χ1v) is 10.2. The summed E-state index contributed by atoms with van der Waals surface area (Å²) in [4.78, 5) is 17.5. The molecule has 8 heteroatoms. The molecule has 3 rings (SSSR count). The van der Waals surface area contributed by atoms with E-state index in [0.29, 0.717) is 5.82 Å². The van der Waals surface area contributed by atoms with Crippen molar-refractivity contribution < 1.29 is 13.2 Å². The van der Waals surface area contributed by atoms with Crippen LogP contribution >= 0.6 is 11.3 Å². The Hall–Kier alpha value is -2.55. The van der Waals surface area contributed by atoms with Gasteiger partial charge in [-0.05, 0) is 48.2 Å². The summed E-state index contributed by atoms with van der Waals surface area (Å²) in [6, 6.07) is 13.2. The van der Waals surface area contributed by atoms with Crippen LogP contribution in [-0.2, 0) is 16.6 Å². The van der Waals surface area contributed by atoms with E-state index in [-0.39, 0.29) is 17.0 Å². The van der Waals surface area contributed by atoms with E-state index in [1.807, 2.05) is 30.5 Å². The number of pyridine rings is 1. The molecule has 0 fully saturated rings. The summed E-state index contributed by atoms with van der Waals surface area (Å²) in [5.41, 5.74) is 1.07. The van der Waals surface area contributed by atoms with Gasteiger partial charge in [0.2, 0.25) is 10.0 Å². The second-order valence-electron chi connectivity index (χ2n) is 5.55. The lowest BCUT2D eigenvalue weighted by molar-refractivity contribution is 0.102. The van der Waals surface area contributed by atoms with Gasteiger partial charge in [-0.15, -0.1) is 11.3 Å². The predicted octanol–water partition coefficient (Wildman–Crippen LogP) is 3.18. The average Bonchev–Trinajstić information content (AvgIpc) is 3.16. The van der Waals surface area contributed by atoms with Gasteiger partial charge in [0, 0.05) is 23.2 Å². The zero-order valence-corrected chi connectivity index (χ0v) is 15.6. The highest BCUT2D eigenvalue weighted by Crippen LogP contribution is 2.16. The number of carbonyl (C=O) groups is 1. The fourth-order valence-electron chi connectivity index (χ4n) is 2.26. The summed E-state index contributed by atoms with van der Waals surface area (Å²) in [6.07, 6.45) is 1.58. The van der Waals surface area contributed by atoms with E-state index in [2.05, 4.69) is 15.0 Å². The first-order chi connectivity index (χ1) is 12.5. The van der Waals surface area contributed by atoms with E-state index in [0.717, 1.165) is 10.4 Å². The third-order valence-corrected chi connectivity index (χ3v) is 5.94. The minimum absolute atomic E-state index is 0.0412. The van der Waals surface area contributed by atoms with E-state index >= 15 is 0 Å². The number of aromatic nitrogens is 1. The molecule has 3 aromatic rings. The monoisotopic (exact) mass is 387 g/mol. The number of carbonyl (C=O) groups excluding carboxylic acids is 1. The Morgan fingerprint density at radius 2 is 2.00 bits per heavy atom. The lowest BCUT2D eigenvalue weighted by Crippen LogP contribution is -2.23. The molecule has 2 aromatic heterocycles. The standard InChI is InChI=1S/C18H17N3O3S2/c1-13-5-3-9-19-17(13)21-18(22)14-6-2-8-16(11-14)26(23,24)20-12-15-7-4-10-25-15/h2-11,20H,12H2,1H3,(H,19,21,22). The molecule has 2 N–H and O–H groups in total. The number of benzene rings is 1. The van der Waals surface area contributed by atoms with Gasteiger partial charge < -0.3 is 5.32 Å². The third kappa shape index (κ3) is 4.34. The Kier molecular flexibility index (Phi) is 5.46. The van der Waals surface area contributed by atoms with Crippen LogP contribution in [0.25, 0.3) is 0 Å². The van der Waals surface area contributed by atoms with E-state index in [9.17, 15) is 13.2 Å². The molecule has 2 heterocycles. The van der Waals surface area contributed by atoms with Crippen LogP contribution in [0.1, 0.15) is 20.8 Å². The van der Waals surface area contributed by atoms with E-state index in [1.165, 1.54) is 23.5 Å². The van der Waals surface area contributed by atoms with Crippen LogP contribution in [0, 0.1) is 6.92 Å². The molecule has 1 aromatic carbocycles. The minimum Gasteiger partial charge on any atom is -0.306 e. The first-order valence-electron chi connectivity index (χ1n) is 7.81. The van der Waals surface area contributed by atoms with Gasteiger partial charge in [-0.1, -0.05) is 18.2 Å². The van der Waals surface area contributed by atoms with Gasteiger partial charge in [-0.25, -0.2) is 18.1 Å². The summed E-state index contributed by atoms with van der Waals surface area (Å²) in [7, 11) is -3.71. The maximum atomic E-state index is 12.5. The Bertz CT molecular complexity index is 1020. The third-order valence-electron chi connectivity index (χ3n) is 3.66. The van der Waals surface area contributed by atoms with Crippen molar-refractivity contribution in [2.45, 2.75) is 18.4 Å². The number of sulfonamides is 1. The molecule has 0 saturated heterocycles. The van der Waals surface area contributed by atoms with E-state index < -0.39 is 15.9 Å². The van der Waals surface area contributed by atoms with Gasteiger partial charge in [0.25, 0.3) is 5.91 Å². The van der Waals surface area contributed by atoms with Crippen molar-refractivity contribution in [1.29, 1.82) is 0 Å². The van der Waals surface area contributed by atoms with Crippen LogP contribution in [0.3, 0.4) is 0 Å². The van der Waals surface area contributed by atoms with Crippen molar-refractivity contribution in [2.75, 3.05) is 5.32 Å². The topological polar surface area (TPSA) is 88.2 Å². The fourth-order valence-corrected chi connectivity index (χ4v) is 4.05. The maximum absolute atomic E-state index is 12.5. The van der Waals surface area contributed by atoms with Crippen molar-refractivity contribution in [3.8, 4) is 0 Å². The highest BCUT2D eigenvalue weighted by molar-refractivity contribution is 7.89. The van der Waals surface area contributed by atoms with Crippen molar-refractivity contribution in [1.82, 2.24) is 9.71 Å². The SMILES string of the molecule is Cc1cccnc1NC(=O)c1cccc(S(=O)(=O)NCc2cccs2)c1. The molecule has 0 atom stereocenters. The molecule has 0 aliphatic rings. The van der Waals surface area contributed by atoms with Crippen LogP contribution in [0.15, 0.2) is 65.0 Å². The quantitative estimate of drug-likeness (QED) is 0.680. The number of hydrogen-bond acceptors (Lipinski definition) is 5. The molecule has 0 radical (unpaired) electrons. The minimum atomic E-state index is -3.71. The Morgan fingerprint density at radius 3 is 2.73 bits per heavy atom. The summed E-state index contributed by atoms with van der Waals surface area (Å²) < 4.78 is 27.5. The number of thiophene rings is 1. The molecule has 0 spiro atoms. The largest absolute Gasteiger partial charge is 0.306 e. The van der Waals surface area contributed by atoms with Gasteiger partial charge in [-0.3, -0.25) is 4.79 Å². The zero-order valence-electron chi connectivity index (χ0n) is 14.0. The lowest BCUT2D eigenvalue weighted by Gasteiger charge is -2.09. The van der Waals surface area contributed by atoms with Crippen molar-refractivity contribution in [3.05, 3.63) is 76.1 Å². The number of hydrogen-bond donors (Lipinski definition) is 2. The van der Waals surface area contributed by atoms with Crippen molar-refractivity contribution >= 4 is 33.1 Å². The Morgan fingerprint density at radius 1 is 1.15 bits per heavy atom. The molecule has 1 amide bonds. The van der Waals surface area contributed by atoms with Gasteiger partial charge in [-0.2, -0.15) is 0 Å². The molecule has 0 aliphatic heterocycles. The number of rotatable bonds is 6. The van der Waals surface area contributed by atoms with E-state index in [4.69, 9.17) is 0 Å². The van der Waals surface area contributed by atoms with Gasteiger partial charge in [0.15, 0.2) is 0 Å². The van der Waals surface area contributed by atoms with Crippen LogP contribution in [0.5, 0.6) is 0 Å². The second-order valence-corrected chi connectivity index (χ2v) is 8.35. The smallest absolute Gasteiger partial charge is 0.256 e. The predicted molar refractivity (Wildman–Crippen MR) is 102 cm³/mol. The molecular weight excluding hydrogens is 370 g/mol. The number of amides is 1. The number of aryl methyl sites for hydroxylation is 1. The number of anilines is 1. The summed E-state index contributed by atoms with van der Waals surface area (Å²) in [6.45, 7) is 2.04. The van der Waals surface area contributed by atoms with Crippen LogP contribution in [0.2, 0.25) is 0 Å². The lowest BCUT2D eigenvalue weighted by atomic mass is 10.2. The number of nitrogens with zero attached hydrogens (tertiary/aromatic N) is 1. The van der Waals surface area contributed by atoms with Gasteiger partial charge >= 0.3 is 0 Å². The second kappa shape index (κ2) is 7.77. The van der Waals surface area contributed by atoms with Crippen LogP contribution in [0.4, 0.5) is 5.82 Å². The average molecular weight is 387 g/mol. The van der Waals surface area contributed by atoms with Crippen LogP contribution < -0.4 is 10.0 Å². The maximum Gasteiger partial charge on any atom is 0.256 e. The first kappa shape index (κ1) is 18.2. The molecule has 0 saturated carbocycles. The van der Waals surface area contributed by atoms with Gasteiger partial charge in [0.05, 0.1) is 4.90 Å². The summed E-state index contributed by atoms with van der Waals surface area (Å²) >= 11 is 1.47. The highest BCUT2D eigenvalue weighted by Gasteiger charge is 2.17. The summed E-state index contributed by atoms with van der Waals surface area (Å²) in [5.74, 6) is 0.0312. The molecule has 26 heavy (non-hydrogen) atoms. The van der Waals surface area contributed by atoms with E-state index in [1.54, 1.807) is 24.4 Å². The van der Waals surface area contributed by atoms with Crippen molar-refractivity contribution in [2.24, 2.45) is 0 Å². The molecule has 6 nitrogen and oxygen atoms in total. The Balaban J connectivity index is 1.76. The fraction of sp³-hybridized carbons (Fsp3) is 0.111. The Labute approximate surface area is 156 Å². The molecular formula is C18H17N3O3S2. The molecule has 134 valence electrons. The number of nitrogens with one attached hydrogen (secondary N) is 2. The van der Waals surface area contributed by atoms with Crippen molar-refractivity contribution in [3.63, 3.8) is 0 Å². The van der Waals surface area contributed by atoms with Crippen LogP contribution in [-0.4, -0.2) is 19.3 Å². The molecule has 0 unspecified atom stereocenters.